The van der Waals surface area contributed by atoms with Crippen molar-refractivity contribution in [3.8, 4) is 34.1 Å². The van der Waals surface area contributed by atoms with Gasteiger partial charge in [-0.2, -0.15) is 5.26 Å². The Balaban J connectivity index is 2.27. The van der Waals surface area contributed by atoms with Gasteiger partial charge < -0.3 is 10.5 Å². The highest BCUT2D eigenvalue weighted by molar-refractivity contribution is 5.91. The van der Waals surface area contributed by atoms with Gasteiger partial charge in [0.05, 0.1) is 7.11 Å². The third-order valence-corrected chi connectivity index (χ3v) is 4.94. The topological polar surface area (TPSA) is 71.9 Å². The Kier molecular flexibility index (Phi) is 5.11. The quantitative estimate of drug-likeness (QED) is 0.661. The van der Waals surface area contributed by atoms with Crippen molar-refractivity contribution in [1.82, 2.24) is 4.98 Å². The first-order chi connectivity index (χ1) is 13.3. The zero-order chi connectivity index (χ0) is 20.5. The molecule has 0 fully saturated rings. The van der Waals surface area contributed by atoms with Crippen molar-refractivity contribution in [3.63, 3.8) is 0 Å². The molecular formula is C24H25N3O. The first-order valence-corrected chi connectivity index (χ1v) is 9.21. The lowest BCUT2D eigenvalue weighted by atomic mass is 9.84. The lowest BCUT2D eigenvalue weighted by Gasteiger charge is -2.20. The SMILES string of the molecule is COc1ccc(-c2c(C)nc(N)c(C#N)c2-c2ccc(C(C)(C)C)cc2)cc1. The number of anilines is 1. The largest absolute Gasteiger partial charge is 0.497 e. The number of nitrogens with zero attached hydrogens (tertiary/aromatic N) is 2. The molecule has 0 spiro atoms. The van der Waals surface area contributed by atoms with Crippen LogP contribution in [0.25, 0.3) is 22.3 Å². The molecule has 1 heterocycles. The number of nitrogens with two attached hydrogens (primary N) is 1. The van der Waals surface area contributed by atoms with Gasteiger partial charge in [-0.3, -0.25) is 0 Å². The molecule has 0 saturated heterocycles. The van der Waals surface area contributed by atoms with E-state index in [0.717, 1.165) is 33.7 Å². The maximum atomic E-state index is 9.80. The predicted molar refractivity (Wildman–Crippen MR) is 114 cm³/mol. The molecule has 0 aliphatic carbocycles. The van der Waals surface area contributed by atoms with E-state index in [2.05, 4.69) is 56.1 Å². The van der Waals surface area contributed by atoms with Gasteiger partial charge in [-0.15, -0.1) is 0 Å². The number of nitrogen functional groups attached to an aromatic ring is 1. The first kappa shape index (κ1) is 19.4. The van der Waals surface area contributed by atoms with Crippen LogP contribution in [-0.4, -0.2) is 12.1 Å². The van der Waals surface area contributed by atoms with Gasteiger partial charge in [-0.25, -0.2) is 4.98 Å². The number of pyridine rings is 1. The van der Waals surface area contributed by atoms with Crippen LogP contribution in [0, 0.1) is 18.3 Å². The molecule has 0 aliphatic rings. The third kappa shape index (κ3) is 3.57. The fourth-order valence-electron chi connectivity index (χ4n) is 3.38. The molecule has 0 aliphatic heterocycles. The summed E-state index contributed by atoms with van der Waals surface area (Å²) in [6, 6.07) is 18.4. The molecule has 28 heavy (non-hydrogen) atoms. The summed E-state index contributed by atoms with van der Waals surface area (Å²) in [4.78, 5) is 4.43. The molecular weight excluding hydrogens is 346 g/mol. The van der Waals surface area contributed by atoms with Crippen LogP contribution < -0.4 is 10.5 Å². The van der Waals surface area contributed by atoms with Crippen molar-refractivity contribution in [2.45, 2.75) is 33.1 Å². The van der Waals surface area contributed by atoms with E-state index in [9.17, 15) is 5.26 Å². The maximum absolute atomic E-state index is 9.80. The van der Waals surface area contributed by atoms with E-state index in [0.29, 0.717) is 5.56 Å². The van der Waals surface area contributed by atoms with Crippen molar-refractivity contribution in [2.24, 2.45) is 0 Å². The van der Waals surface area contributed by atoms with Gasteiger partial charge in [-0.1, -0.05) is 57.2 Å². The summed E-state index contributed by atoms with van der Waals surface area (Å²) >= 11 is 0. The van der Waals surface area contributed by atoms with Crippen LogP contribution in [0.2, 0.25) is 0 Å². The fourth-order valence-corrected chi connectivity index (χ4v) is 3.38. The Morgan fingerprint density at radius 3 is 1.96 bits per heavy atom. The van der Waals surface area contributed by atoms with Crippen molar-refractivity contribution in [1.29, 1.82) is 5.26 Å². The molecule has 3 rings (SSSR count). The zero-order valence-electron chi connectivity index (χ0n) is 17.0. The summed E-state index contributed by atoms with van der Waals surface area (Å²) in [5.74, 6) is 1.04. The second kappa shape index (κ2) is 7.36. The standard InChI is InChI=1S/C24H25N3O/c1-15-21(16-8-12-19(28-5)13-9-16)22(20(14-25)23(26)27-15)17-6-10-18(11-7-17)24(2,3)4/h6-13H,1-5H3,(H2,26,27). The van der Waals surface area contributed by atoms with Gasteiger partial charge in [0.1, 0.15) is 23.2 Å². The monoisotopic (exact) mass is 371 g/mol. The van der Waals surface area contributed by atoms with E-state index in [1.807, 2.05) is 31.2 Å². The number of aromatic nitrogens is 1. The number of hydrogen-bond acceptors (Lipinski definition) is 4. The normalized spacial score (nSPS) is 11.1. The van der Waals surface area contributed by atoms with Crippen molar-refractivity contribution < 1.29 is 4.74 Å². The molecule has 4 nitrogen and oxygen atoms in total. The average molecular weight is 371 g/mol. The highest BCUT2D eigenvalue weighted by Gasteiger charge is 2.20. The minimum atomic E-state index is 0.0581. The third-order valence-electron chi connectivity index (χ3n) is 4.94. The minimum absolute atomic E-state index is 0.0581. The first-order valence-electron chi connectivity index (χ1n) is 9.21. The Bertz CT molecular complexity index is 1040. The van der Waals surface area contributed by atoms with E-state index in [4.69, 9.17) is 10.5 Å². The maximum Gasteiger partial charge on any atom is 0.142 e. The molecule has 0 saturated carbocycles. The number of rotatable bonds is 3. The Morgan fingerprint density at radius 1 is 0.929 bits per heavy atom. The number of nitriles is 1. The van der Waals surface area contributed by atoms with Gasteiger partial charge >= 0.3 is 0 Å². The Hall–Kier alpha value is -3.32. The lowest BCUT2D eigenvalue weighted by Crippen LogP contribution is -2.10. The molecule has 0 amide bonds. The molecule has 3 aromatic rings. The molecule has 142 valence electrons. The van der Waals surface area contributed by atoms with E-state index >= 15 is 0 Å². The van der Waals surface area contributed by atoms with Crippen LogP contribution in [0.15, 0.2) is 48.5 Å². The van der Waals surface area contributed by atoms with Gasteiger partial charge in [0.2, 0.25) is 0 Å². The van der Waals surface area contributed by atoms with E-state index in [1.165, 1.54) is 5.56 Å². The van der Waals surface area contributed by atoms with Crippen LogP contribution >= 0.6 is 0 Å². The Labute approximate surface area is 166 Å². The molecule has 0 unspecified atom stereocenters. The van der Waals surface area contributed by atoms with Gasteiger partial charge in [0.25, 0.3) is 0 Å². The van der Waals surface area contributed by atoms with E-state index in [1.54, 1.807) is 7.11 Å². The molecule has 2 N–H and O–H groups in total. The summed E-state index contributed by atoms with van der Waals surface area (Å²) in [6.45, 7) is 8.46. The predicted octanol–water partition coefficient (Wildman–Crippen LogP) is 5.48. The van der Waals surface area contributed by atoms with Crippen molar-refractivity contribution in [3.05, 3.63) is 65.4 Å². The molecule has 0 atom stereocenters. The summed E-state index contributed by atoms with van der Waals surface area (Å²) < 4.78 is 5.27. The summed E-state index contributed by atoms with van der Waals surface area (Å²) in [6.07, 6.45) is 0. The molecule has 4 heteroatoms. The number of hydrogen-bond donors (Lipinski definition) is 1. The Morgan fingerprint density at radius 2 is 1.46 bits per heavy atom. The smallest absolute Gasteiger partial charge is 0.142 e. The van der Waals surface area contributed by atoms with E-state index < -0.39 is 0 Å². The fraction of sp³-hybridized carbons (Fsp3) is 0.250. The number of methoxy groups -OCH3 is 1. The summed E-state index contributed by atoms with van der Waals surface area (Å²) in [7, 11) is 1.64. The summed E-state index contributed by atoms with van der Waals surface area (Å²) in [5.41, 5.74) is 12.2. The number of ether oxygens (including phenoxy) is 1. The minimum Gasteiger partial charge on any atom is -0.497 e. The van der Waals surface area contributed by atoms with Crippen LogP contribution in [0.5, 0.6) is 5.75 Å². The van der Waals surface area contributed by atoms with Crippen LogP contribution in [-0.2, 0) is 5.41 Å². The molecule has 1 aromatic heterocycles. The lowest BCUT2D eigenvalue weighted by molar-refractivity contribution is 0.415. The van der Waals surface area contributed by atoms with Crippen molar-refractivity contribution >= 4 is 5.82 Å². The highest BCUT2D eigenvalue weighted by atomic mass is 16.5. The number of benzene rings is 2. The van der Waals surface area contributed by atoms with Crippen LogP contribution in [0.4, 0.5) is 5.82 Å². The molecule has 2 aromatic carbocycles. The summed E-state index contributed by atoms with van der Waals surface area (Å²) in [5, 5.41) is 9.80. The van der Waals surface area contributed by atoms with Crippen LogP contribution in [0.3, 0.4) is 0 Å². The van der Waals surface area contributed by atoms with Gasteiger partial charge in [0, 0.05) is 16.8 Å². The van der Waals surface area contributed by atoms with Gasteiger partial charge in [0.15, 0.2) is 0 Å². The second-order valence-electron chi connectivity index (χ2n) is 7.88. The molecule has 0 radical (unpaired) electrons. The zero-order valence-corrected chi connectivity index (χ0v) is 17.0. The van der Waals surface area contributed by atoms with E-state index in [-0.39, 0.29) is 11.2 Å². The number of aryl methyl sites for hydroxylation is 1. The highest BCUT2D eigenvalue weighted by Crippen LogP contribution is 2.39. The van der Waals surface area contributed by atoms with Gasteiger partial charge in [-0.05, 0) is 41.2 Å². The van der Waals surface area contributed by atoms with Crippen LogP contribution in [0.1, 0.15) is 37.6 Å². The molecule has 0 bridgehead atoms. The van der Waals surface area contributed by atoms with Crippen molar-refractivity contribution in [2.75, 3.05) is 12.8 Å². The second-order valence-corrected chi connectivity index (χ2v) is 7.88. The average Bonchev–Trinajstić information content (AvgIpc) is 2.67.